The molecule has 0 spiro atoms. The first-order chi connectivity index (χ1) is 9.61. The molecule has 2 heterocycles. The first kappa shape index (κ1) is 14.7. The van der Waals surface area contributed by atoms with Gasteiger partial charge in [-0.3, -0.25) is 0 Å². The second-order valence-corrected chi connectivity index (χ2v) is 5.33. The fourth-order valence-corrected chi connectivity index (χ4v) is 2.37. The Morgan fingerprint density at radius 1 is 1.25 bits per heavy atom. The molecule has 0 aliphatic heterocycles. The van der Waals surface area contributed by atoms with Gasteiger partial charge in [-0.1, -0.05) is 13.8 Å². The van der Waals surface area contributed by atoms with E-state index in [1.807, 2.05) is 6.07 Å². The van der Waals surface area contributed by atoms with Crippen LogP contribution in [0.15, 0.2) is 23.0 Å². The SMILES string of the molecule is CCNCC(C)Cc1c(C)nc(-c2ccoc2)nc1C. The number of aryl methyl sites for hydroxylation is 2. The maximum absolute atomic E-state index is 5.10. The molecule has 1 atom stereocenters. The second kappa shape index (κ2) is 6.66. The van der Waals surface area contributed by atoms with Crippen molar-refractivity contribution in [3.05, 3.63) is 35.5 Å². The third-order valence-corrected chi connectivity index (χ3v) is 3.50. The van der Waals surface area contributed by atoms with Gasteiger partial charge in [-0.25, -0.2) is 9.97 Å². The first-order valence-electron chi connectivity index (χ1n) is 7.19. The molecule has 2 rings (SSSR count). The molecular weight excluding hydrogens is 250 g/mol. The molecule has 4 nitrogen and oxygen atoms in total. The van der Waals surface area contributed by atoms with E-state index in [9.17, 15) is 0 Å². The number of nitrogens with zero attached hydrogens (tertiary/aromatic N) is 2. The highest BCUT2D eigenvalue weighted by molar-refractivity contribution is 5.53. The fourth-order valence-electron chi connectivity index (χ4n) is 2.37. The minimum Gasteiger partial charge on any atom is -0.472 e. The quantitative estimate of drug-likeness (QED) is 0.878. The highest BCUT2D eigenvalue weighted by Crippen LogP contribution is 2.21. The Balaban J connectivity index is 2.19. The number of nitrogens with one attached hydrogen (secondary N) is 1. The molecule has 4 heteroatoms. The molecule has 108 valence electrons. The van der Waals surface area contributed by atoms with Gasteiger partial charge in [0, 0.05) is 11.4 Å². The molecule has 1 N–H and O–H groups in total. The van der Waals surface area contributed by atoms with E-state index in [0.717, 1.165) is 42.3 Å². The zero-order valence-electron chi connectivity index (χ0n) is 12.7. The Morgan fingerprint density at radius 2 is 1.95 bits per heavy atom. The van der Waals surface area contributed by atoms with E-state index in [1.165, 1.54) is 5.56 Å². The molecule has 0 bridgehead atoms. The van der Waals surface area contributed by atoms with Crippen LogP contribution in [-0.2, 0) is 6.42 Å². The van der Waals surface area contributed by atoms with E-state index in [-0.39, 0.29) is 0 Å². The Hall–Kier alpha value is -1.68. The van der Waals surface area contributed by atoms with Crippen LogP contribution in [0, 0.1) is 19.8 Å². The van der Waals surface area contributed by atoms with Crippen molar-refractivity contribution in [3.63, 3.8) is 0 Å². The average Bonchev–Trinajstić information content (AvgIpc) is 2.94. The molecule has 0 radical (unpaired) electrons. The fraction of sp³-hybridized carbons (Fsp3) is 0.500. The smallest absolute Gasteiger partial charge is 0.162 e. The van der Waals surface area contributed by atoms with Crippen molar-refractivity contribution in [2.45, 2.75) is 34.1 Å². The van der Waals surface area contributed by atoms with E-state index in [2.05, 4.69) is 43.0 Å². The van der Waals surface area contributed by atoms with Gasteiger partial charge < -0.3 is 9.73 Å². The van der Waals surface area contributed by atoms with Crippen LogP contribution in [0.1, 0.15) is 30.8 Å². The lowest BCUT2D eigenvalue weighted by atomic mass is 9.98. The second-order valence-electron chi connectivity index (χ2n) is 5.33. The van der Waals surface area contributed by atoms with Gasteiger partial charge in [-0.2, -0.15) is 0 Å². The van der Waals surface area contributed by atoms with Crippen LogP contribution in [0.25, 0.3) is 11.4 Å². The lowest BCUT2D eigenvalue weighted by molar-refractivity contribution is 0.517. The topological polar surface area (TPSA) is 51.0 Å². The summed E-state index contributed by atoms with van der Waals surface area (Å²) in [5, 5.41) is 3.39. The summed E-state index contributed by atoms with van der Waals surface area (Å²) in [4.78, 5) is 9.24. The molecule has 2 aromatic rings. The molecule has 0 amide bonds. The summed E-state index contributed by atoms with van der Waals surface area (Å²) in [5.74, 6) is 1.33. The molecule has 0 aromatic carbocycles. The highest BCUT2D eigenvalue weighted by atomic mass is 16.3. The van der Waals surface area contributed by atoms with Crippen molar-refractivity contribution >= 4 is 0 Å². The molecule has 0 fully saturated rings. The number of hydrogen-bond donors (Lipinski definition) is 1. The summed E-state index contributed by atoms with van der Waals surface area (Å²) in [7, 11) is 0. The molecule has 20 heavy (non-hydrogen) atoms. The standard InChI is InChI=1S/C16H23N3O/c1-5-17-9-11(2)8-15-12(3)18-16(19-13(15)4)14-6-7-20-10-14/h6-7,10-11,17H,5,8-9H2,1-4H3. The third kappa shape index (κ3) is 3.45. The normalized spacial score (nSPS) is 12.6. The van der Waals surface area contributed by atoms with Crippen LogP contribution < -0.4 is 5.32 Å². The Kier molecular flexibility index (Phi) is 4.90. The number of hydrogen-bond acceptors (Lipinski definition) is 4. The summed E-state index contributed by atoms with van der Waals surface area (Å²) in [6.07, 6.45) is 4.34. The van der Waals surface area contributed by atoms with E-state index >= 15 is 0 Å². The molecule has 2 aromatic heterocycles. The van der Waals surface area contributed by atoms with Crippen LogP contribution in [0.3, 0.4) is 0 Å². The summed E-state index contributed by atoms with van der Waals surface area (Å²) in [6.45, 7) is 10.6. The van der Waals surface area contributed by atoms with Crippen LogP contribution in [-0.4, -0.2) is 23.1 Å². The van der Waals surface area contributed by atoms with Gasteiger partial charge in [0.15, 0.2) is 5.82 Å². The van der Waals surface area contributed by atoms with Crippen molar-refractivity contribution in [2.24, 2.45) is 5.92 Å². The molecule has 1 unspecified atom stereocenters. The van der Waals surface area contributed by atoms with Gasteiger partial charge >= 0.3 is 0 Å². The average molecular weight is 273 g/mol. The van der Waals surface area contributed by atoms with Crippen molar-refractivity contribution in [1.29, 1.82) is 0 Å². The summed E-state index contributed by atoms with van der Waals surface area (Å²) >= 11 is 0. The summed E-state index contributed by atoms with van der Waals surface area (Å²) in [5.41, 5.74) is 4.33. The van der Waals surface area contributed by atoms with E-state index in [1.54, 1.807) is 12.5 Å². The Labute approximate surface area is 120 Å². The third-order valence-electron chi connectivity index (χ3n) is 3.50. The van der Waals surface area contributed by atoms with Crippen molar-refractivity contribution in [2.75, 3.05) is 13.1 Å². The zero-order valence-corrected chi connectivity index (χ0v) is 12.7. The van der Waals surface area contributed by atoms with Gasteiger partial charge in [0.1, 0.15) is 6.26 Å². The van der Waals surface area contributed by atoms with E-state index in [0.29, 0.717) is 5.92 Å². The summed E-state index contributed by atoms with van der Waals surface area (Å²) < 4.78 is 5.10. The minimum absolute atomic E-state index is 0.579. The predicted octanol–water partition coefficient (Wildman–Crippen LogP) is 3.14. The summed E-state index contributed by atoms with van der Waals surface area (Å²) in [6, 6.07) is 1.89. The molecule has 0 saturated heterocycles. The van der Waals surface area contributed by atoms with Gasteiger partial charge in [-0.05, 0) is 50.9 Å². The predicted molar refractivity (Wildman–Crippen MR) is 80.6 cm³/mol. The molecule has 0 aliphatic rings. The highest BCUT2D eigenvalue weighted by Gasteiger charge is 2.13. The van der Waals surface area contributed by atoms with Crippen molar-refractivity contribution in [1.82, 2.24) is 15.3 Å². The Bertz CT molecular complexity index is 526. The number of aromatic nitrogens is 2. The van der Waals surface area contributed by atoms with Gasteiger partial charge in [-0.15, -0.1) is 0 Å². The lowest BCUT2D eigenvalue weighted by Crippen LogP contribution is -2.22. The van der Waals surface area contributed by atoms with E-state index in [4.69, 9.17) is 4.42 Å². The molecule has 0 aliphatic carbocycles. The lowest BCUT2D eigenvalue weighted by Gasteiger charge is -2.15. The molecule has 0 saturated carbocycles. The number of rotatable bonds is 6. The van der Waals surface area contributed by atoms with Gasteiger partial charge in [0.2, 0.25) is 0 Å². The minimum atomic E-state index is 0.579. The maximum atomic E-state index is 5.10. The van der Waals surface area contributed by atoms with E-state index < -0.39 is 0 Å². The first-order valence-corrected chi connectivity index (χ1v) is 7.19. The maximum Gasteiger partial charge on any atom is 0.162 e. The van der Waals surface area contributed by atoms with Crippen LogP contribution in [0.5, 0.6) is 0 Å². The number of furan rings is 1. The van der Waals surface area contributed by atoms with Crippen LogP contribution in [0.2, 0.25) is 0 Å². The largest absolute Gasteiger partial charge is 0.472 e. The van der Waals surface area contributed by atoms with Crippen LogP contribution in [0.4, 0.5) is 0 Å². The monoisotopic (exact) mass is 273 g/mol. The van der Waals surface area contributed by atoms with Crippen molar-refractivity contribution in [3.8, 4) is 11.4 Å². The van der Waals surface area contributed by atoms with Crippen LogP contribution >= 0.6 is 0 Å². The Morgan fingerprint density at radius 3 is 2.50 bits per heavy atom. The zero-order chi connectivity index (χ0) is 14.5. The molecular formula is C16H23N3O. The van der Waals surface area contributed by atoms with Gasteiger partial charge in [0.25, 0.3) is 0 Å². The van der Waals surface area contributed by atoms with Crippen molar-refractivity contribution < 1.29 is 4.42 Å². The van der Waals surface area contributed by atoms with Gasteiger partial charge in [0.05, 0.1) is 11.8 Å².